The minimum absolute atomic E-state index is 0.415. The first-order valence-corrected chi connectivity index (χ1v) is 5.74. The summed E-state index contributed by atoms with van der Waals surface area (Å²) in [4.78, 5) is 0. The van der Waals surface area contributed by atoms with Gasteiger partial charge in [-0.15, -0.1) is 0 Å². The van der Waals surface area contributed by atoms with Gasteiger partial charge in [-0.25, -0.2) is 5.43 Å². The van der Waals surface area contributed by atoms with Crippen LogP contribution in [0.3, 0.4) is 0 Å². The van der Waals surface area contributed by atoms with Gasteiger partial charge in [0.05, 0.1) is 5.70 Å². The first kappa shape index (κ1) is 8.42. The highest BCUT2D eigenvalue weighted by Gasteiger charge is 2.31. The van der Waals surface area contributed by atoms with Crippen molar-refractivity contribution in [2.75, 3.05) is 6.54 Å². The van der Waals surface area contributed by atoms with Gasteiger partial charge in [0.25, 0.3) is 0 Å². The molecule has 0 amide bonds. The zero-order valence-corrected chi connectivity index (χ0v) is 8.90. The molecular formula is C13H13N3. The number of benzene rings is 1. The quantitative estimate of drug-likeness (QED) is 0.612. The molecule has 1 aliphatic carbocycles. The molecule has 2 heterocycles. The van der Waals surface area contributed by atoms with Gasteiger partial charge in [-0.1, -0.05) is 24.3 Å². The zero-order chi connectivity index (χ0) is 10.5. The summed E-state index contributed by atoms with van der Waals surface area (Å²) < 4.78 is 0. The lowest BCUT2D eigenvalue weighted by atomic mass is 10.1. The number of hydrogen-bond donors (Lipinski definition) is 2. The molecule has 2 aliphatic heterocycles. The van der Waals surface area contributed by atoms with Gasteiger partial charge in [-0.2, -0.15) is 0 Å². The van der Waals surface area contributed by atoms with Crippen molar-refractivity contribution in [3.63, 3.8) is 0 Å². The molecule has 0 bridgehead atoms. The molecule has 0 radical (unpaired) electrons. The molecule has 3 nitrogen and oxygen atoms in total. The van der Waals surface area contributed by atoms with Crippen molar-refractivity contribution in [3.8, 4) is 0 Å². The predicted octanol–water partition coefficient (Wildman–Crippen LogP) is -0.388. The molecule has 4 rings (SSSR count). The highest BCUT2D eigenvalue weighted by Crippen LogP contribution is 2.26. The van der Waals surface area contributed by atoms with Crippen LogP contribution in [0.4, 0.5) is 0 Å². The average molecular weight is 211 g/mol. The number of hydrazine groups is 1. The summed E-state index contributed by atoms with van der Waals surface area (Å²) in [6, 6.07) is 8.57. The third kappa shape index (κ3) is 0.959. The van der Waals surface area contributed by atoms with Gasteiger partial charge in [0, 0.05) is 30.0 Å². The van der Waals surface area contributed by atoms with Gasteiger partial charge in [0.15, 0.2) is 0 Å². The molecule has 0 spiro atoms. The Hall–Kier alpha value is -1.74. The molecular weight excluding hydrogens is 198 g/mol. The van der Waals surface area contributed by atoms with Crippen molar-refractivity contribution in [2.45, 2.75) is 12.6 Å². The fourth-order valence-electron chi connectivity index (χ4n) is 2.75. The normalized spacial score (nSPS) is 25.2. The Morgan fingerprint density at radius 3 is 3.19 bits per heavy atom. The highest BCUT2D eigenvalue weighted by molar-refractivity contribution is 5.81. The van der Waals surface area contributed by atoms with Crippen LogP contribution >= 0.6 is 0 Å². The summed E-state index contributed by atoms with van der Waals surface area (Å²) in [7, 11) is 0. The molecule has 1 atom stereocenters. The lowest BCUT2D eigenvalue weighted by Crippen LogP contribution is -2.47. The Morgan fingerprint density at radius 1 is 1.25 bits per heavy atom. The molecule has 2 N–H and O–H groups in total. The minimum Gasteiger partial charge on any atom is -0.370 e. The fourth-order valence-corrected chi connectivity index (χ4v) is 2.75. The summed E-state index contributed by atoms with van der Waals surface area (Å²) in [6.07, 6.45) is 5.95. The van der Waals surface area contributed by atoms with Gasteiger partial charge in [0.2, 0.25) is 0 Å². The van der Waals surface area contributed by atoms with E-state index < -0.39 is 0 Å². The second-order valence-electron chi connectivity index (χ2n) is 4.43. The van der Waals surface area contributed by atoms with Crippen LogP contribution < -0.4 is 21.2 Å². The first-order chi connectivity index (χ1) is 7.93. The van der Waals surface area contributed by atoms with Crippen molar-refractivity contribution in [3.05, 3.63) is 46.5 Å². The second kappa shape index (κ2) is 2.89. The summed E-state index contributed by atoms with van der Waals surface area (Å²) >= 11 is 0. The van der Waals surface area contributed by atoms with E-state index in [9.17, 15) is 0 Å². The Bertz CT molecular complexity index is 600. The summed E-state index contributed by atoms with van der Waals surface area (Å²) in [5, 5.41) is 8.37. The number of hydrogen-bond acceptors (Lipinski definition) is 3. The van der Waals surface area contributed by atoms with E-state index in [4.69, 9.17) is 0 Å². The van der Waals surface area contributed by atoms with Crippen LogP contribution in [0.1, 0.15) is 6.42 Å². The van der Waals surface area contributed by atoms with Crippen molar-refractivity contribution >= 4 is 11.8 Å². The monoisotopic (exact) mass is 211 g/mol. The van der Waals surface area contributed by atoms with E-state index in [2.05, 4.69) is 52.3 Å². The Morgan fingerprint density at radius 2 is 2.19 bits per heavy atom. The minimum atomic E-state index is 0.415. The van der Waals surface area contributed by atoms with E-state index in [1.54, 1.807) is 0 Å². The third-order valence-electron chi connectivity index (χ3n) is 3.48. The topological polar surface area (TPSA) is 27.3 Å². The maximum Gasteiger partial charge on any atom is 0.115 e. The van der Waals surface area contributed by atoms with E-state index in [1.807, 2.05) is 0 Å². The first-order valence-electron chi connectivity index (χ1n) is 5.74. The van der Waals surface area contributed by atoms with Gasteiger partial charge in [-0.05, 0) is 11.3 Å². The molecule has 16 heavy (non-hydrogen) atoms. The lowest BCUT2D eigenvalue weighted by molar-refractivity contribution is 0.263. The summed E-state index contributed by atoms with van der Waals surface area (Å²) in [5.74, 6) is 0. The van der Waals surface area contributed by atoms with Gasteiger partial charge >= 0.3 is 0 Å². The van der Waals surface area contributed by atoms with Crippen LogP contribution in [0.2, 0.25) is 0 Å². The van der Waals surface area contributed by atoms with Crippen molar-refractivity contribution < 1.29 is 0 Å². The number of fused-ring (bicyclic) bond motifs is 4. The molecule has 1 unspecified atom stereocenters. The Labute approximate surface area is 93.7 Å². The van der Waals surface area contributed by atoms with Crippen molar-refractivity contribution in [2.24, 2.45) is 0 Å². The molecule has 1 aromatic rings. The van der Waals surface area contributed by atoms with Crippen molar-refractivity contribution in [1.29, 1.82) is 0 Å². The lowest BCUT2D eigenvalue weighted by Gasteiger charge is -2.32. The molecule has 80 valence electrons. The highest BCUT2D eigenvalue weighted by atomic mass is 15.6. The van der Waals surface area contributed by atoms with Gasteiger partial charge in [0.1, 0.15) is 6.17 Å². The van der Waals surface area contributed by atoms with Crippen LogP contribution in [-0.2, 0) is 0 Å². The Kier molecular flexibility index (Phi) is 1.52. The molecule has 0 aromatic heterocycles. The smallest absolute Gasteiger partial charge is 0.115 e. The maximum atomic E-state index is 3.44. The van der Waals surface area contributed by atoms with Crippen LogP contribution in [0.5, 0.6) is 0 Å². The molecule has 1 fully saturated rings. The number of nitrogens with zero attached hydrogens (tertiary/aromatic N) is 1. The molecule has 3 heteroatoms. The van der Waals surface area contributed by atoms with Crippen LogP contribution in [-0.4, -0.2) is 17.7 Å². The van der Waals surface area contributed by atoms with Gasteiger partial charge in [-0.3, -0.25) is 5.01 Å². The standard InChI is InChI=1S/C13H13N3/c1-2-4-11-9(3-1)7-10-8-14-12-5-6-15-16(12)13(10)11/h1-4,7-8,12,14-15H,5-6H2. The summed E-state index contributed by atoms with van der Waals surface area (Å²) in [5.41, 5.74) is 6.06. The average Bonchev–Trinajstić information content (AvgIpc) is 2.91. The van der Waals surface area contributed by atoms with E-state index in [0.29, 0.717) is 6.17 Å². The second-order valence-corrected chi connectivity index (χ2v) is 4.43. The van der Waals surface area contributed by atoms with Crippen molar-refractivity contribution in [1.82, 2.24) is 15.8 Å². The molecule has 1 aromatic carbocycles. The zero-order valence-electron chi connectivity index (χ0n) is 8.90. The Balaban J connectivity index is 2.05. The van der Waals surface area contributed by atoms with E-state index in [-0.39, 0.29) is 0 Å². The van der Waals surface area contributed by atoms with Crippen LogP contribution in [0.25, 0.3) is 11.8 Å². The molecule has 3 aliphatic rings. The largest absolute Gasteiger partial charge is 0.370 e. The SMILES string of the molecule is C1=C2C=c3ccccc3=C2N2NCCC2N1. The van der Waals surface area contributed by atoms with E-state index in [1.165, 1.54) is 21.7 Å². The van der Waals surface area contributed by atoms with E-state index in [0.717, 1.165) is 13.0 Å². The fraction of sp³-hybridized carbons (Fsp3) is 0.231. The van der Waals surface area contributed by atoms with Crippen LogP contribution in [0, 0.1) is 0 Å². The number of nitrogens with one attached hydrogen (secondary N) is 2. The summed E-state index contributed by atoms with van der Waals surface area (Å²) in [6.45, 7) is 1.05. The maximum absolute atomic E-state index is 3.44. The van der Waals surface area contributed by atoms with E-state index >= 15 is 0 Å². The number of rotatable bonds is 0. The molecule has 0 saturated carbocycles. The third-order valence-corrected chi connectivity index (χ3v) is 3.48. The predicted molar refractivity (Wildman–Crippen MR) is 63.0 cm³/mol. The van der Waals surface area contributed by atoms with Gasteiger partial charge < -0.3 is 5.32 Å². The molecule has 1 saturated heterocycles. The van der Waals surface area contributed by atoms with Crippen LogP contribution in [0.15, 0.2) is 36.0 Å².